The predicted molar refractivity (Wildman–Crippen MR) is 92.8 cm³/mol. The van der Waals surface area contributed by atoms with Gasteiger partial charge >= 0.3 is 0 Å². The van der Waals surface area contributed by atoms with Crippen LogP contribution < -0.4 is 5.32 Å². The minimum absolute atomic E-state index is 0.508. The monoisotopic (exact) mass is 385 g/mol. The van der Waals surface area contributed by atoms with Crippen molar-refractivity contribution in [1.29, 1.82) is 0 Å². The molecule has 0 amide bonds. The quantitative estimate of drug-likeness (QED) is 0.660. The Morgan fingerprint density at radius 2 is 2.05 bits per heavy atom. The lowest BCUT2D eigenvalue weighted by molar-refractivity contribution is 0.499. The smallest absolute Gasteiger partial charge is 0.0656 e. The van der Waals surface area contributed by atoms with Crippen LogP contribution >= 0.6 is 33.9 Å². The molecule has 1 N–H and O–H groups in total. The van der Waals surface area contributed by atoms with E-state index in [1.807, 2.05) is 11.3 Å². The Morgan fingerprint density at radius 1 is 1.26 bits per heavy atom. The predicted octanol–water partition coefficient (Wildman–Crippen LogP) is 5.03. The highest BCUT2D eigenvalue weighted by Crippen LogP contribution is 2.25. The van der Waals surface area contributed by atoms with Gasteiger partial charge in [-0.2, -0.15) is 0 Å². The maximum Gasteiger partial charge on any atom is 0.0656 e. The summed E-state index contributed by atoms with van der Waals surface area (Å²) in [6.07, 6.45) is 3.60. The molecule has 0 bridgehead atoms. The molecule has 19 heavy (non-hydrogen) atoms. The standard InChI is InChI=1S/C16H20INS/c1-2-18-15(14-11-16(17)19-12-14)10-6-9-13-7-4-3-5-8-13/h3-5,7-8,11-12,15,18H,2,6,9-10H2,1H3. The molecule has 1 nitrogen and oxygen atoms in total. The lowest BCUT2D eigenvalue weighted by Gasteiger charge is -2.16. The second kappa shape index (κ2) is 8.02. The summed E-state index contributed by atoms with van der Waals surface area (Å²) in [5.41, 5.74) is 2.89. The van der Waals surface area contributed by atoms with E-state index >= 15 is 0 Å². The van der Waals surface area contributed by atoms with E-state index in [0.29, 0.717) is 6.04 Å². The average molecular weight is 385 g/mol. The van der Waals surface area contributed by atoms with E-state index in [1.165, 1.54) is 33.3 Å². The SMILES string of the molecule is CCNC(CCCc1ccccc1)c1csc(I)c1. The number of benzene rings is 1. The fourth-order valence-corrected chi connectivity index (χ4v) is 3.72. The van der Waals surface area contributed by atoms with Crippen molar-refractivity contribution in [3.63, 3.8) is 0 Å². The van der Waals surface area contributed by atoms with Crippen molar-refractivity contribution in [3.8, 4) is 0 Å². The molecule has 0 aliphatic rings. The molecule has 0 spiro atoms. The highest BCUT2D eigenvalue weighted by molar-refractivity contribution is 14.1. The number of hydrogen-bond acceptors (Lipinski definition) is 2. The van der Waals surface area contributed by atoms with E-state index in [-0.39, 0.29) is 0 Å². The largest absolute Gasteiger partial charge is 0.310 e. The van der Waals surface area contributed by atoms with E-state index in [4.69, 9.17) is 0 Å². The van der Waals surface area contributed by atoms with Crippen molar-refractivity contribution in [2.24, 2.45) is 0 Å². The van der Waals surface area contributed by atoms with E-state index in [9.17, 15) is 0 Å². The lowest BCUT2D eigenvalue weighted by Crippen LogP contribution is -2.20. The van der Waals surface area contributed by atoms with Gasteiger partial charge in [0.25, 0.3) is 0 Å². The van der Waals surface area contributed by atoms with Gasteiger partial charge in [-0.05, 0) is 71.0 Å². The molecular formula is C16H20INS. The van der Waals surface area contributed by atoms with Crippen LogP contribution in [0, 0.1) is 2.88 Å². The summed E-state index contributed by atoms with van der Waals surface area (Å²) in [6, 6.07) is 13.6. The molecule has 1 aromatic heterocycles. The summed E-state index contributed by atoms with van der Waals surface area (Å²) in [5, 5.41) is 5.89. The summed E-state index contributed by atoms with van der Waals surface area (Å²) in [6.45, 7) is 3.21. The molecule has 0 saturated heterocycles. The lowest BCUT2D eigenvalue weighted by atomic mass is 10.0. The maximum absolute atomic E-state index is 3.60. The molecule has 0 aliphatic heterocycles. The molecule has 2 aromatic rings. The first-order valence-corrected chi connectivity index (χ1v) is 8.76. The van der Waals surface area contributed by atoms with Gasteiger partial charge in [-0.15, -0.1) is 11.3 Å². The topological polar surface area (TPSA) is 12.0 Å². The normalized spacial score (nSPS) is 12.5. The van der Waals surface area contributed by atoms with Crippen LogP contribution in [-0.4, -0.2) is 6.54 Å². The van der Waals surface area contributed by atoms with Crippen LogP contribution in [0.25, 0.3) is 0 Å². The number of thiophene rings is 1. The first-order valence-electron chi connectivity index (χ1n) is 6.81. The molecule has 1 aromatic carbocycles. The Labute approximate surface area is 133 Å². The van der Waals surface area contributed by atoms with Crippen LogP contribution in [0.15, 0.2) is 41.8 Å². The molecule has 1 unspecified atom stereocenters. The Balaban J connectivity index is 1.87. The minimum Gasteiger partial charge on any atom is -0.310 e. The third-order valence-corrected chi connectivity index (χ3v) is 5.05. The zero-order valence-corrected chi connectivity index (χ0v) is 14.2. The zero-order valence-electron chi connectivity index (χ0n) is 11.2. The van der Waals surface area contributed by atoms with Gasteiger partial charge in [-0.1, -0.05) is 37.3 Å². The molecule has 1 atom stereocenters. The van der Waals surface area contributed by atoms with Crippen molar-refractivity contribution in [3.05, 3.63) is 55.8 Å². The van der Waals surface area contributed by atoms with Gasteiger partial charge in [0.05, 0.1) is 2.88 Å². The second-order valence-corrected chi connectivity index (χ2v) is 7.48. The van der Waals surface area contributed by atoms with E-state index < -0.39 is 0 Å². The fourth-order valence-electron chi connectivity index (χ4n) is 2.29. The second-order valence-electron chi connectivity index (χ2n) is 4.67. The molecule has 0 fully saturated rings. The van der Waals surface area contributed by atoms with Crippen LogP contribution in [0.4, 0.5) is 0 Å². The van der Waals surface area contributed by atoms with Gasteiger partial charge < -0.3 is 5.32 Å². The van der Waals surface area contributed by atoms with E-state index in [2.05, 4.69) is 76.6 Å². The minimum atomic E-state index is 0.508. The van der Waals surface area contributed by atoms with Crippen LogP contribution in [0.1, 0.15) is 36.9 Å². The van der Waals surface area contributed by atoms with Gasteiger partial charge in [-0.25, -0.2) is 0 Å². The number of aryl methyl sites for hydroxylation is 1. The number of halogens is 1. The molecule has 102 valence electrons. The van der Waals surface area contributed by atoms with Gasteiger partial charge in [-0.3, -0.25) is 0 Å². The van der Waals surface area contributed by atoms with Gasteiger partial charge in [0.2, 0.25) is 0 Å². The van der Waals surface area contributed by atoms with Gasteiger partial charge in [0.1, 0.15) is 0 Å². The molecule has 0 aliphatic carbocycles. The molecule has 2 rings (SSSR count). The third-order valence-electron chi connectivity index (χ3n) is 3.24. The van der Waals surface area contributed by atoms with Crippen LogP contribution in [0.3, 0.4) is 0 Å². The van der Waals surface area contributed by atoms with Crippen molar-refractivity contribution >= 4 is 33.9 Å². The van der Waals surface area contributed by atoms with E-state index in [0.717, 1.165) is 6.54 Å². The van der Waals surface area contributed by atoms with Crippen molar-refractivity contribution in [2.75, 3.05) is 6.54 Å². The highest BCUT2D eigenvalue weighted by Gasteiger charge is 2.11. The van der Waals surface area contributed by atoms with E-state index in [1.54, 1.807) is 0 Å². The maximum atomic E-state index is 3.60. The average Bonchev–Trinajstić information content (AvgIpc) is 2.86. The van der Waals surface area contributed by atoms with Crippen LogP contribution in [-0.2, 0) is 6.42 Å². The molecule has 1 heterocycles. The summed E-state index contributed by atoms with van der Waals surface area (Å²) in [7, 11) is 0. The number of rotatable bonds is 7. The van der Waals surface area contributed by atoms with Crippen LogP contribution in [0.2, 0.25) is 0 Å². The fraction of sp³-hybridized carbons (Fsp3) is 0.375. The summed E-state index contributed by atoms with van der Waals surface area (Å²) in [4.78, 5) is 0. The highest BCUT2D eigenvalue weighted by atomic mass is 127. The molecular weight excluding hydrogens is 365 g/mol. The summed E-state index contributed by atoms with van der Waals surface area (Å²) >= 11 is 4.24. The molecule has 3 heteroatoms. The first kappa shape index (κ1) is 15.0. The molecule has 0 saturated carbocycles. The zero-order chi connectivity index (χ0) is 13.5. The Hall–Kier alpha value is -0.390. The Kier molecular flexibility index (Phi) is 6.34. The Morgan fingerprint density at radius 3 is 2.68 bits per heavy atom. The van der Waals surface area contributed by atoms with Gasteiger partial charge in [0, 0.05) is 6.04 Å². The first-order chi connectivity index (χ1) is 9.29. The van der Waals surface area contributed by atoms with Crippen molar-refractivity contribution < 1.29 is 0 Å². The Bertz CT molecular complexity index is 481. The summed E-state index contributed by atoms with van der Waals surface area (Å²) in [5.74, 6) is 0. The van der Waals surface area contributed by atoms with Gasteiger partial charge in [0.15, 0.2) is 0 Å². The third kappa shape index (κ3) is 4.89. The summed E-state index contributed by atoms with van der Waals surface area (Å²) < 4.78 is 1.37. The van der Waals surface area contributed by atoms with Crippen LogP contribution in [0.5, 0.6) is 0 Å². The van der Waals surface area contributed by atoms with Crippen molar-refractivity contribution in [1.82, 2.24) is 5.32 Å². The van der Waals surface area contributed by atoms with Crippen molar-refractivity contribution in [2.45, 2.75) is 32.2 Å². The molecule has 0 radical (unpaired) electrons. The number of hydrogen-bond donors (Lipinski definition) is 1. The number of nitrogens with one attached hydrogen (secondary N) is 1.